The molecule has 2 nitrogen and oxygen atoms in total. The molecule has 0 N–H and O–H groups in total. The van der Waals surface area contributed by atoms with Gasteiger partial charge < -0.3 is 9.13 Å². The van der Waals surface area contributed by atoms with Crippen LogP contribution in [-0.2, 0) is 0 Å². The van der Waals surface area contributed by atoms with E-state index in [-0.39, 0.29) is 0 Å². The molecule has 1 atom stereocenters. The minimum Gasteiger partial charge on any atom is -0.312 e. The van der Waals surface area contributed by atoms with Crippen molar-refractivity contribution in [2.24, 2.45) is 0 Å². The zero-order valence-electron chi connectivity index (χ0n) is 27.6. The predicted molar refractivity (Wildman–Crippen MR) is 215 cm³/mol. The monoisotopic (exact) mass is 656 g/mol. The summed E-state index contributed by atoms with van der Waals surface area (Å²) in [5.74, 6) is 0.343. The van der Waals surface area contributed by atoms with Gasteiger partial charge in [-0.3, -0.25) is 0 Å². The molecule has 0 amide bonds. The maximum atomic E-state index is 2.54. The average Bonchev–Trinajstić information content (AvgIpc) is 3.81. The smallest absolute Gasteiger partial charge is 0.0548 e. The Labute approximate surface area is 293 Å². The van der Waals surface area contributed by atoms with E-state index < -0.39 is 0 Å². The third-order valence-electron chi connectivity index (χ3n) is 10.9. The van der Waals surface area contributed by atoms with Crippen LogP contribution in [0.5, 0.6) is 0 Å². The van der Waals surface area contributed by atoms with Gasteiger partial charge >= 0.3 is 0 Å². The SMILES string of the molecule is CC1CC(c2ccc3c(c2)c2cc4sc5ccccc5c4cc2n3-c2ccccc2)=Cc2c1n(-c1cccc3ccccc13)c1ccccc21. The second-order valence-corrected chi connectivity index (χ2v) is 14.9. The molecule has 0 fully saturated rings. The van der Waals surface area contributed by atoms with Gasteiger partial charge in [-0.2, -0.15) is 0 Å². The van der Waals surface area contributed by atoms with Crippen LogP contribution in [0.4, 0.5) is 0 Å². The van der Waals surface area contributed by atoms with E-state index in [1.54, 1.807) is 0 Å². The first-order chi connectivity index (χ1) is 24.7. The highest BCUT2D eigenvalue weighted by Crippen LogP contribution is 2.46. The Hall–Kier alpha value is -5.90. The molecule has 3 heteroatoms. The number of para-hydroxylation sites is 2. The lowest BCUT2D eigenvalue weighted by molar-refractivity contribution is 0.734. The molecular formula is C47H32N2S. The van der Waals surface area contributed by atoms with E-state index >= 15 is 0 Å². The third kappa shape index (κ3) is 3.95. The van der Waals surface area contributed by atoms with Crippen LogP contribution in [0.25, 0.3) is 86.7 Å². The van der Waals surface area contributed by atoms with Crippen molar-refractivity contribution in [2.75, 3.05) is 0 Å². The molecule has 0 bridgehead atoms. The summed E-state index contributed by atoms with van der Waals surface area (Å²) in [5.41, 5.74) is 11.7. The molecular weight excluding hydrogens is 625 g/mol. The molecule has 10 aromatic rings. The molecule has 0 saturated carbocycles. The maximum absolute atomic E-state index is 2.54. The van der Waals surface area contributed by atoms with Gasteiger partial charge in [0.05, 0.1) is 22.2 Å². The molecule has 3 aromatic heterocycles. The first kappa shape index (κ1) is 28.0. The molecule has 1 aliphatic carbocycles. The first-order valence-corrected chi connectivity index (χ1v) is 18.3. The fourth-order valence-electron chi connectivity index (χ4n) is 8.74. The minimum atomic E-state index is 0.343. The number of rotatable bonds is 3. The lowest BCUT2D eigenvalue weighted by Gasteiger charge is -2.24. The van der Waals surface area contributed by atoms with E-state index in [0.29, 0.717) is 5.92 Å². The number of fused-ring (bicyclic) bond motifs is 10. The Morgan fingerprint density at radius 3 is 2.14 bits per heavy atom. The lowest BCUT2D eigenvalue weighted by Crippen LogP contribution is -2.09. The van der Waals surface area contributed by atoms with Gasteiger partial charge in [0.15, 0.2) is 0 Å². The van der Waals surface area contributed by atoms with Gasteiger partial charge in [-0.05, 0) is 83.6 Å². The summed E-state index contributed by atoms with van der Waals surface area (Å²) < 4.78 is 7.67. The maximum Gasteiger partial charge on any atom is 0.0548 e. The molecule has 0 spiro atoms. The van der Waals surface area contributed by atoms with Crippen molar-refractivity contribution >= 4 is 86.6 Å². The summed E-state index contributed by atoms with van der Waals surface area (Å²) >= 11 is 1.89. The van der Waals surface area contributed by atoms with Crippen LogP contribution >= 0.6 is 11.3 Å². The van der Waals surface area contributed by atoms with Crippen LogP contribution in [0.3, 0.4) is 0 Å². The quantitative estimate of drug-likeness (QED) is 0.179. The van der Waals surface area contributed by atoms with Gasteiger partial charge in [-0.25, -0.2) is 0 Å². The van der Waals surface area contributed by atoms with E-state index in [9.17, 15) is 0 Å². The van der Waals surface area contributed by atoms with Gasteiger partial charge in [0.25, 0.3) is 0 Å². The standard InChI is InChI=1S/C47H32N2S/c1-29-24-32(26-40-35-17-7-9-19-42(35)49(47(29)40)41-20-11-13-30-12-5-6-16-34(30)41)31-22-23-43-37(25-31)38-28-46-39(36-18-8-10-21-45(36)50-46)27-44(38)48(43)33-14-3-2-4-15-33/h2-23,25-29H,24H2,1H3. The average molecular weight is 657 g/mol. The normalized spacial score (nSPS) is 14.7. The summed E-state index contributed by atoms with van der Waals surface area (Å²) in [6.07, 6.45) is 3.47. The van der Waals surface area contributed by atoms with Crippen LogP contribution < -0.4 is 0 Å². The number of thiophene rings is 1. The molecule has 0 radical (unpaired) electrons. The summed E-state index contributed by atoms with van der Waals surface area (Å²) in [7, 11) is 0. The number of allylic oxidation sites excluding steroid dienone is 1. The minimum absolute atomic E-state index is 0.343. The highest BCUT2D eigenvalue weighted by molar-refractivity contribution is 7.25. The molecule has 11 rings (SSSR count). The second-order valence-electron chi connectivity index (χ2n) is 13.8. The van der Waals surface area contributed by atoms with Gasteiger partial charge in [0.2, 0.25) is 0 Å². The molecule has 0 saturated heterocycles. The van der Waals surface area contributed by atoms with Crippen LogP contribution in [0.1, 0.15) is 36.1 Å². The summed E-state index contributed by atoms with van der Waals surface area (Å²) in [4.78, 5) is 0. The molecule has 236 valence electrons. The number of benzene rings is 7. The Morgan fingerprint density at radius 1 is 0.520 bits per heavy atom. The van der Waals surface area contributed by atoms with Crippen molar-refractivity contribution in [1.29, 1.82) is 0 Å². The van der Waals surface area contributed by atoms with Crippen LogP contribution in [0.2, 0.25) is 0 Å². The van der Waals surface area contributed by atoms with Gasteiger partial charge in [-0.15, -0.1) is 11.3 Å². The van der Waals surface area contributed by atoms with E-state index in [1.165, 1.54) is 97.4 Å². The van der Waals surface area contributed by atoms with Crippen molar-refractivity contribution < 1.29 is 0 Å². The van der Waals surface area contributed by atoms with E-state index in [1.807, 2.05) is 11.3 Å². The second kappa shape index (κ2) is 10.5. The fourth-order valence-corrected chi connectivity index (χ4v) is 9.87. The third-order valence-corrected chi connectivity index (χ3v) is 12.1. The highest BCUT2D eigenvalue weighted by Gasteiger charge is 2.28. The predicted octanol–water partition coefficient (Wildman–Crippen LogP) is 13.3. The molecule has 1 aliphatic rings. The van der Waals surface area contributed by atoms with Crippen LogP contribution in [0.15, 0.2) is 152 Å². The zero-order valence-corrected chi connectivity index (χ0v) is 28.4. The van der Waals surface area contributed by atoms with Crippen LogP contribution in [-0.4, -0.2) is 9.13 Å². The first-order valence-electron chi connectivity index (χ1n) is 17.5. The van der Waals surface area contributed by atoms with Crippen molar-refractivity contribution in [3.63, 3.8) is 0 Å². The number of aromatic nitrogens is 2. The summed E-state index contributed by atoms with van der Waals surface area (Å²) in [6.45, 7) is 2.41. The molecule has 3 heterocycles. The Kier molecular flexibility index (Phi) is 5.90. The zero-order chi connectivity index (χ0) is 32.9. The topological polar surface area (TPSA) is 9.86 Å². The fraction of sp³-hybridized carbons (Fsp3) is 0.0638. The number of nitrogens with zero attached hydrogens (tertiary/aromatic N) is 2. The Balaban J connectivity index is 1.15. The van der Waals surface area contributed by atoms with Gasteiger partial charge in [0, 0.05) is 64.6 Å². The Bertz CT molecular complexity index is 3020. The molecule has 50 heavy (non-hydrogen) atoms. The van der Waals surface area contributed by atoms with Gasteiger partial charge in [-0.1, -0.05) is 104 Å². The number of hydrogen-bond acceptors (Lipinski definition) is 1. The van der Waals surface area contributed by atoms with Crippen molar-refractivity contribution in [3.05, 3.63) is 168 Å². The van der Waals surface area contributed by atoms with E-state index in [2.05, 4.69) is 174 Å². The Morgan fingerprint density at radius 2 is 1.24 bits per heavy atom. The molecule has 1 unspecified atom stereocenters. The summed E-state index contributed by atoms with van der Waals surface area (Å²) in [6, 6.07) is 56.1. The van der Waals surface area contributed by atoms with Crippen molar-refractivity contribution in [3.8, 4) is 11.4 Å². The summed E-state index contributed by atoms with van der Waals surface area (Å²) in [5, 5.41) is 9.15. The van der Waals surface area contributed by atoms with Crippen molar-refractivity contribution in [2.45, 2.75) is 19.3 Å². The highest BCUT2D eigenvalue weighted by atomic mass is 32.1. The van der Waals surface area contributed by atoms with Crippen LogP contribution in [0, 0.1) is 0 Å². The largest absolute Gasteiger partial charge is 0.312 e. The van der Waals surface area contributed by atoms with E-state index in [0.717, 1.165) is 6.42 Å². The molecule has 0 aliphatic heterocycles. The van der Waals surface area contributed by atoms with Crippen molar-refractivity contribution in [1.82, 2.24) is 9.13 Å². The van der Waals surface area contributed by atoms with E-state index in [4.69, 9.17) is 0 Å². The van der Waals surface area contributed by atoms with Gasteiger partial charge in [0.1, 0.15) is 0 Å². The number of hydrogen-bond donors (Lipinski definition) is 0. The molecule has 7 aromatic carbocycles. The lowest BCUT2D eigenvalue weighted by atomic mass is 9.84.